The first-order valence-electron chi connectivity index (χ1n) is 5.86. The Labute approximate surface area is 128 Å². The van der Waals surface area contributed by atoms with Gasteiger partial charge in [0.2, 0.25) is 5.89 Å². The van der Waals surface area contributed by atoms with E-state index in [9.17, 15) is 0 Å². The molecule has 102 valence electrons. The maximum atomic E-state index is 5.49. The van der Waals surface area contributed by atoms with Crippen molar-refractivity contribution in [2.24, 2.45) is 0 Å². The van der Waals surface area contributed by atoms with Crippen molar-refractivity contribution in [1.29, 1.82) is 0 Å². The third kappa shape index (κ3) is 3.77. The molecule has 0 atom stereocenters. The summed E-state index contributed by atoms with van der Waals surface area (Å²) in [5, 5.41) is 14.1. The molecule has 2 rings (SSSR count). The summed E-state index contributed by atoms with van der Waals surface area (Å²) in [5.74, 6) is 0.559. The molecule has 0 amide bonds. The van der Waals surface area contributed by atoms with E-state index in [1.165, 1.54) is 0 Å². The van der Waals surface area contributed by atoms with Gasteiger partial charge in [-0.15, -0.1) is 5.10 Å². The molecule has 0 aliphatic heterocycles. The summed E-state index contributed by atoms with van der Waals surface area (Å²) in [6, 6.07) is 4.41. The second-order valence-electron chi connectivity index (χ2n) is 4.01. The Balaban J connectivity index is 2.15. The molecule has 2 aromatic rings. The van der Waals surface area contributed by atoms with Gasteiger partial charge in [0, 0.05) is 8.95 Å². The van der Waals surface area contributed by atoms with Gasteiger partial charge in [-0.2, -0.15) is 0 Å². The van der Waals surface area contributed by atoms with Crippen molar-refractivity contribution in [3.05, 3.63) is 32.5 Å². The molecule has 1 heterocycles. The predicted molar refractivity (Wildman–Crippen MR) is 81.5 cm³/mol. The average Bonchev–Trinajstić information content (AvgIpc) is 2.79. The van der Waals surface area contributed by atoms with E-state index < -0.39 is 0 Å². The summed E-state index contributed by atoms with van der Waals surface area (Å²) < 4.78 is 7.36. The lowest BCUT2D eigenvalue weighted by Crippen LogP contribution is -2.11. The van der Waals surface area contributed by atoms with Crippen molar-refractivity contribution < 1.29 is 4.42 Å². The van der Waals surface area contributed by atoms with Crippen LogP contribution in [-0.2, 0) is 6.54 Å². The summed E-state index contributed by atoms with van der Waals surface area (Å²) in [4.78, 5) is 0. The van der Waals surface area contributed by atoms with E-state index in [1.54, 1.807) is 0 Å². The lowest BCUT2D eigenvalue weighted by molar-refractivity contribution is 0.484. The number of nitrogens with one attached hydrogen (secondary N) is 2. The number of aromatic nitrogens is 2. The zero-order valence-electron chi connectivity index (χ0n) is 10.6. The molecular weight excluding hydrogens is 376 g/mol. The quantitative estimate of drug-likeness (QED) is 0.815. The predicted octanol–water partition coefficient (Wildman–Crippen LogP) is 3.76. The first kappa shape index (κ1) is 14.5. The van der Waals surface area contributed by atoms with Gasteiger partial charge in [0.15, 0.2) is 0 Å². The Morgan fingerprint density at radius 2 is 1.89 bits per heavy atom. The molecular formula is C12H14Br2N4O. The van der Waals surface area contributed by atoms with Gasteiger partial charge in [0.25, 0.3) is 0 Å². The summed E-state index contributed by atoms with van der Waals surface area (Å²) in [6.45, 7) is 5.48. The van der Waals surface area contributed by atoms with Crippen molar-refractivity contribution in [2.45, 2.75) is 20.4 Å². The standard InChI is InChI=1S/C12H14Br2N4O/c1-3-15-6-10-17-18-12(19-10)16-11-8(13)4-7(2)5-9(11)14/h4-5,15H,3,6H2,1-2H3,(H,16,18). The van der Waals surface area contributed by atoms with Crippen molar-refractivity contribution in [3.8, 4) is 0 Å². The SMILES string of the molecule is CCNCc1nnc(Nc2c(Br)cc(C)cc2Br)o1. The van der Waals surface area contributed by atoms with E-state index >= 15 is 0 Å². The van der Waals surface area contributed by atoms with E-state index in [2.05, 4.69) is 52.7 Å². The Morgan fingerprint density at radius 3 is 2.53 bits per heavy atom. The lowest BCUT2D eigenvalue weighted by Gasteiger charge is -2.08. The average molecular weight is 390 g/mol. The number of benzene rings is 1. The molecule has 0 saturated heterocycles. The summed E-state index contributed by atoms with van der Waals surface area (Å²) >= 11 is 7.02. The minimum Gasteiger partial charge on any atom is -0.406 e. The van der Waals surface area contributed by atoms with Gasteiger partial charge in [-0.25, -0.2) is 0 Å². The number of anilines is 2. The van der Waals surface area contributed by atoms with Gasteiger partial charge in [-0.05, 0) is 63.0 Å². The Kier molecular flexibility index (Phi) is 4.95. The van der Waals surface area contributed by atoms with Crippen LogP contribution in [0.4, 0.5) is 11.7 Å². The largest absolute Gasteiger partial charge is 0.406 e. The first-order valence-corrected chi connectivity index (χ1v) is 7.44. The van der Waals surface area contributed by atoms with Crippen LogP contribution < -0.4 is 10.6 Å². The zero-order chi connectivity index (χ0) is 13.8. The minimum atomic E-state index is 0.373. The van der Waals surface area contributed by atoms with Crippen LogP contribution in [0.3, 0.4) is 0 Å². The van der Waals surface area contributed by atoms with Crippen LogP contribution in [0, 0.1) is 6.92 Å². The number of halogens is 2. The molecule has 0 bridgehead atoms. The van der Waals surface area contributed by atoms with Crippen LogP contribution >= 0.6 is 31.9 Å². The van der Waals surface area contributed by atoms with Crippen molar-refractivity contribution in [3.63, 3.8) is 0 Å². The van der Waals surface area contributed by atoms with Gasteiger partial charge in [0.1, 0.15) is 0 Å². The van der Waals surface area contributed by atoms with Gasteiger partial charge in [-0.1, -0.05) is 12.0 Å². The Hall–Kier alpha value is -0.920. The van der Waals surface area contributed by atoms with Gasteiger partial charge < -0.3 is 15.1 Å². The van der Waals surface area contributed by atoms with Crippen LogP contribution in [0.25, 0.3) is 0 Å². The molecule has 0 aliphatic rings. The van der Waals surface area contributed by atoms with Crippen LogP contribution in [0.5, 0.6) is 0 Å². The fourth-order valence-electron chi connectivity index (χ4n) is 1.53. The third-order valence-electron chi connectivity index (χ3n) is 2.41. The third-order valence-corrected chi connectivity index (χ3v) is 3.66. The fourth-order valence-corrected chi connectivity index (χ4v) is 3.15. The van der Waals surface area contributed by atoms with Gasteiger partial charge in [0.05, 0.1) is 12.2 Å². The summed E-state index contributed by atoms with van der Waals surface area (Å²) in [7, 11) is 0. The number of nitrogens with zero attached hydrogens (tertiary/aromatic N) is 2. The number of hydrogen-bond donors (Lipinski definition) is 2. The second kappa shape index (κ2) is 6.49. The van der Waals surface area contributed by atoms with Gasteiger partial charge >= 0.3 is 6.01 Å². The second-order valence-corrected chi connectivity index (χ2v) is 5.72. The number of hydrogen-bond acceptors (Lipinski definition) is 5. The van der Waals surface area contributed by atoms with E-state index in [1.807, 2.05) is 26.0 Å². The molecule has 7 heteroatoms. The monoisotopic (exact) mass is 388 g/mol. The van der Waals surface area contributed by atoms with Crippen molar-refractivity contribution >= 4 is 43.6 Å². The molecule has 2 N–H and O–H groups in total. The van der Waals surface area contributed by atoms with Gasteiger partial charge in [-0.3, -0.25) is 0 Å². The van der Waals surface area contributed by atoms with E-state index in [0.717, 1.165) is 26.7 Å². The smallest absolute Gasteiger partial charge is 0.320 e. The molecule has 0 aliphatic carbocycles. The highest BCUT2D eigenvalue weighted by Crippen LogP contribution is 2.34. The first-order chi connectivity index (χ1) is 9.10. The maximum absolute atomic E-state index is 5.49. The fraction of sp³-hybridized carbons (Fsp3) is 0.333. The summed E-state index contributed by atoms with van der Waals surface area (Å²) in [5.41, 5.74) is 2.02. The van der Waals surface area contributed by atoms with Crippen LogP contribution in [0.15, 0.2) is 25.5 Å². The molecule has 1 aromatic heterocycles. The van der Waals surface area contributed by atoms with Crippen molar-refractivity contribution in [1.82, 2.24) is 15.5 Å². The highest BCUT2D eigenvalue weighted by atomic mass is 79.9. The molecule has 1 aromatic carbocycles. The van der Waals surface area contributed by atoms with E-state index in [0.29, 0.717) is 18.5 Å². The highest BCUT2D eigenvalue weighted by Gasteiger charge is 2.11. The number of aryl methyl sites for hydroxylation is 1. The van der Waals surface area contributed by atoms with Crippen LogP contribution in [0.1, 0.15) is 18.4 Å². The summed E-state index contributed by atoms with van der Waals surface area (Å²) in [6.07, 6.45) is 0. The molecule has 0 spiro atoms. The zero-order valence-corrected chi connectivity index (χ0v) is 13.8. The normalized spacial score (nSPS) is 10.7. The maximum Gasteiger partial charge on any atom is 0.320 e. The van der Waals surface area contributed by atoms with Crippen LogP contribution in [0.2, 0.25) is 0 Å². The van der Waals surface area contributed by atoms with E-state index in [4.69, 9.17) is 4.42 Å². The molecule has 0 saturated carbocycles. The minimum absolute atomic E-state index is 0.373. The lowest BCUT2D eigenvalue weighted by atomic mass is 10.2. The highest BCUT2D eigenvalue weighted by molar-refractivity contribution is 9.11. The molecule has 0 unspecified atom stereocenters. The Bertz CT molecular complexity index is 548. The molecule has 0 radical (unpaired) electrons. The van der Waals surface area contributed by atoms with Crippen molar-refractivity contribution in [2.75, 3.05) is 11.9 Å². The molecule has 0 fully saturated rings. The van der Waals surface area contributed by atoms with E-state index in [-0.39, 0.29) is 0 Å². The Morgan fingerprint density at radius 1 is 1.21 bits per heavy atom. The number of rotatable bonds is 5. The van der Waals surface area contributed by atoms with Crippen LogP contribution in [-0.4, -0.2) is 16.7 Å². The topological polar surface area (TPSA) is 63.0 Å². The molecule has 5 nitrogen and oxygen atoms in total. The molecule has 19 heavy (non-hydrogen) atoms.